The van der Waals surface area contributed by atoms with Crippen LogP contribution in [0.1, 0.15) is 0 Å². The fourth-order valence-electron chi connectivity index (χ4n) is 7.05. The van der Waals surface area contributed by atoms with Crippen LogP contribution in [0.25, 0.3) is 100 Å². The Morgan fingerprint density at radius 3 is 1.58 bits per heavy atom. The molecule has 0 unspecified atom stereocenters. The number of hydrogen-bond acceptors (Lipinski definition) is 5. The van der Waals surface area contributed by atoms with Crippen LogP contribution in [0.15, 0.2) is 173 Å². The monoisotopic (exact) mass is 641 g/mol. The molecule has 0 spiro atoms. The highest BCUT2D eigenvalue weighted by atomic mass is 16.3. The molecule has 0 N–H and O–H groups in total. The van der Waals surface area contributed by atoms with E-state index in [2.05, 4.69) is 72.8 Å². The smallest absolute Gasteiger partial charge is 0.167 e. The molecule has 0 amide bonds. The highest BCUT2D eigenvalue weighted by Gasteiger charge is 2.21. The Morgan fingerprint density at radius 1 is 0.320 bits per heavy atom. The number of benzene rings is 7. The second-order valence-corrected chi connectivity index (χ2v) is 12.4. The highest BCUT2D eigenvalue weighted by Crippen LogP contribution is 2.44. The third kappa shape index (κ3) is 4.60. The van der Waals surface area contributed by atoms with Crippen molar-refractivity contribution in [3.8, 4) is 56.4 Å². The lowest BCUT2D eigenvalue weighted by Gasteiger charge is -2.10. The number of hydrogen-bond donors (Lipinski definition) is 0. The molecule has 0 radical (unpaired) electrons. The maximum absolute atomic E-state index is 6.72. The minimum Gasteiger partial charge on any atom is -0.456 e. The predicted molar refractivity (Wildman–Crippen MR) is 202 cm³/mol. The number of rotatable bonds is 5. The van der Waals surface area contributed by atoms with Gasteiger partial charge in [0.05, 0.1) is 5.56 Å². The number of fused-ring (bicyclic) bond motifs is 6. The molecule has 0 saturated carbocycles. The van der Waals surface area contributed by atoms with Crippen molar-refractivity contribution in [3.05, 3.63) is 164 Å². The van der Waals surface area contributed by atoms with E-state index in [0.717, 1.165) is 82.8 Å². The van der Waals surface area contributed by atoms with E-state index < -0.39 is 0 Å². The van der Waals surface area contributed by atoms with Crippen molar-refractivity contribution in [2.24, 2.45) is 0 Å². The zero-order valence-corrected chi connectivity index (χ0v) is 26.7. The van der Waals surface area contributed by atoms with E-state index >= 15 is 0 Å². The van der Waals surface area contributed by atoms with E-state index in [1.54, 1.807) is 0 Å². The van der Waals surface area contributed by atoms with Crippen molar-refractivity contribution in [3.63, 3.8) is 0 Å². The lowest BCUT2D eigenvalue weighted by Crippen LogP contribution is -2.00. The van der Waals surface area contributed by atoms with Crippen LogP contribution < -0.4 is 0 Å². The predicted octanol–water partition coefficient (Wildman–Crippen LogP) is 12.0. The summed E-state index contributed by atoms with van der Waals surface area (Å²) in [6.45, 7) is 0. The topological polar surface area (TPSA) is 65.0 Å². The Labute approximate surface area is 287 Å². The van der Waals surface area contributed by atoms with E-state index in [4.69, 9.17) is 23.8 Å². The van der Waals surface area contributed by atoms with Crippen molar-refractivity contribution < 1.29 is 8.83 Å². The number of para-hydroxylation sites is 2. The second-order valence-electron chi connectivity index (χ2n) is 12.4. The summed E-state index contributed by atoms with van der Waals surface area (Å²) in [5.74, 6) is 1.77. The quantitative estimate of drug-likeness (QED) is 0.187. The summed E-state index contributed by atoms with van der Waals surface area (Å²) in [7, 11) is 0. The minimum absolute atomic E-state index is 0.555. The van der Waals surface area contributed by atoms with Crippen LogP contribution in [0.2, 0.25) is 0 Å². The molecule has 0 bridgehead atoms. The summed E-state index contributed by atoms with van der Waals surface area (Å²) >= 11 is 0. The van der Waals surface area contributed by atoms with Gasteiger partial charge in [0.15, 0.2) is 17.5 Å². The van der Waals surface area contributed by atoms with Gasteiger partial charge < -0.3 is 8.83 Å². The minimum atomic E-state index is 0.555. The van der Waals surface area contributed by atoms with Crippen molar-refractivity contribution in [1.29, 1.82) is 0 Å². The molecule has 10 rings (SSSR count). The summed E-state index contributed by atoms with van der Waals surface area (Å²) in [4.78, 5) is 14.9. The van der Waals surface area contributed by atoms with Gasteiger partial charge in [0.1, 0.15) is 22.3 Å². The normalized spacial score (nSPS) is 11.6. The Kier molecular flexibility index (Phi) is 6.42. The number of nitrogens with zero attached hydrogens (tertiary/aromatic N) is 3. The van der Waals surface area contributed by atoms with Crippen LogP contribution in [0.5, 0.6) is 0 Å². The van der Waals surface area contributed by atoms with E-state index in [0.29, 0.717) is 17.5 Å². The Bertz CT molecular complexity index is 2800. The van der Waals surface area contributed by atoms with Crippen LogP contribution >= 0.6 is 0 Å². The van der Waals surface area contributed by atoms with Gasteiger partial charge in [0, 0.05) is 32.7 Å². The van der Waals surface area contributed by atoms with Crippen LogP contribution in [0.4, 0.5) is 0 Å². The lowest BCUT2D eigenvalue weighted by molar-refractivity contribution is 0.668. The molecule has 5 nitrogen and oxygen atoms in total. The molecule has 0 atom stereocenters. The first-order valence-corrected chi connectivity index (χ1v) is 16.6. The van der Waals surface area contributed by atoms with Gasteiger partial charge in [-0.3, -0.25) is 0 Å². The largest absolute Gasteiger partial charge is 0.456 e. The maximum Gasteiger partial charge on any atom is 0.167 e. The van der Waals surface area contributed by atoms with E-state index in [-0.39, 0.29) is 0 Å². The maximum atomic E-state index is 6.72. The van der Waals surface area contributed by atoms with Gasteiger partial charge in [-0.2, -0.15) is 0 Å². The molecule has 10 aromatic rings. The van der Waals surface area contributed by atoms with Gasteiger partial charge in [0.25, 0.3) is 0 Å². The van der Waals surface area contributed by atoms with Gasteiger partial charge in [0.2, 0.25) is 0 Å². The molecule has 3 heterocycles. The summed E-state index contributed by atoms with van der Waals surface area (Å²) in [5.41, 5.74) is 10.2. The Morgan fingerprint density at radius 2 is 0.860 bits per heavy atom. The van der Waals surface area contributed by atoms with E-state index in [1.807, 2.05) is 91.0 Å². The molecule has 0 aliphatic rings. The van der Waals surface area contributed by atoms with Gasteiger partial charge in [-0.05, 0) is 52.6 Å². The number of furan rings is 2. The average Bonchev–Trinajstić information content (AvgIpc) is 3.77. The standard InChI is InChI=1S/C45H27N3O2/c1-4-14-28(15-5-1)36-26-31(27-39-41(36)33-20-10-11-24-37(33)49-39)32-21-13-25-38-40(32)34-22-12-23-35(42(34)50-38)45-47-43(29-16-6-2-7-17-29)46-44(48-45)30-18-8-3-9-19-30/h1-27H. The van der Waals surface area contributed by atoms with Gasteiger partial charge in [-0.25, -0.2) is 15.0 Å². The summed E-state index contributed by atoms with van der Waals surface area (Å²) in [6.07, 6.45) is 0. The molecule has 3 aromatic heterocycles. The average molecular weight is 642 g/mol. The van der Waals surface area contributed by atoms with Crippen molar-refractivity contribution in [2.45, 2.75) is 0 Å². The van der Waals surface area contributed by atoms with Crippen LogP contribution in [0.3, 0.4) is 0 Å². The first-order chi connectivity index (χ1) is 24.8. The first-order valence-electron chi connectivity index (χ1n) is 16.6. The van der Waals surface area contributed by atoms with Crippen LogP contribution in [0, 0.1) is 0 Å². The van der Waals surface area contributed by atoms with Crippen LogP contribution in [-0.4, -0.2) is 15.0 Å². The molecule has 7 aromatic carbocycles. The molecule has 234 valence electrons. The van der Waals surface area contributed by atoms with Crippen molar-refractivity contribution >= 4 is 43.9 Å². The Hall–Kier alpha value is -6.85. The van der Waals surface area contributed by atoms with Gasteiger partial charge >= 0.3 is 0 Å². The molecular weight excluding hydrogens is 615 g/mol. The van der Waals surface area contributed by atoms with Gasteiger partial charge in [-0.15, -0.1) is 0 Å². The van der Waals surface area contributed by atoms with Crippen molar-refractivity contribution in [2.75, 3.05) is 0 Å². The second kappa shape index (κ2) is 11.4. The fraction of sp³-hybridized carbons (Fsp3) is 0. The third-order valence-electron chi connectivity index (χ3n) is 9.34. The van der Waals surface area contributed by atoms with E-state index in [9.17, 15) is 0 Å². The Balaban J connectivity index is 1.21. The highest BCUT2D eigenvalue weighted by molar-refractivity contribution is 6.18. The summed E-state index contributed by atoms with van der Waals surface area (Å²) in [5, 5.41) is 4.23. The van der Waals surface area contributed by atoms with Gasteiger partial charge in [-0.1, -0.05) is 133 Å². The summed E-state index contributed by atoms with van der Waals surface area (Å²) < 4.78 is 13.2. The zero-order chi connectivity index (χ0) is 33.0. The van der Waals surface area contributed by atoms with E-state index in [1.165, 1.54) is 0 Å². The molecule has 0 fully saturated rings. The van der Waals surface area contributed by atoms with Crippen LogP contribution in [-0.2, 0) is 0 Å². The molecule has 5 heteroatoms. The van der Waals surface area contributed by atoms with Crippen molar-refractivity contribution in [1.82, 2.24) is 15.0 Å². The zero-order valence-electron chi connectivity index (χ0n) is 26.7. The molecule has 0 aliphatic carbocycles. The SMILES string of the molecule is c1ccc(-c2nc(-c3ccccc3)nc(-c3cccc4c3oc3cccc(-c5cc(-c6ccccc6)c6c(c5)oc5ccccc56)c34)n2)cc1. The lowest BCUT2D eigenvalue weighted by atomic mass is 9.92. The molecule has 0 aliphatic heterocycles. The third-order valence-corrected chi connectivity index (χ3v) is 9.34. The molecule has 50 heavy (non-hydrogen) atoms. The first kappa shape index (κ1) is 28.2. The number of aromatic nitrogens is 3. The molecular formula is C45H27N3O2. The molecule has 0 saturated heterocycles. The summed E-state index contributed by atoms with van der Waals surface area (Å²) in [6, 6.07) is 55.7. The fourth-order valence-corrected chi connectivity index (χ4v) is 7.05.